The summed E-state index contributed by atoms with van der Waals surface area (Å²) in [7, 11) is 3.56. The Hall–Kier alpha value is -1.85. The van der Waals surface area contributed by atoms with E-state index < -0.39 is 0 Å². The van der Waals surface area contributed by atoms with E-state index in [1.165, 1.54) is 15.6 Å². The van der Waals surface area contributed by atoms with Crippen LogP contribution in [0.4, 0.5) is 0 Å². The van der Waals surface area contributed by atoms with Crippen LogP contribution in [-0.4, -0.2) is 24.1 Å². The molecule has 0 aliphatic heterocycles. The summed E-state index contributed by atoms with van der Waals surface area (Å²) in [6.07, 6.45) is 2.41. The molecule has 2 aromatic rings. The summed E-state index contributed by atoms with van der Waals surface area (Å²) < 4.78 is 4.67. The molecule has 2 heterocycles. The lowest BCUT2D eigenvalue weighted by Crippen LogP contribution is -2.24. The fourth-order valence-corrected chi connectivity index (χ4v) is 1.57. The van der Waals surface area contributed by atoms with Crippen molar-refractivity contribution >= 4 is 0 Å². The van der Waals surface area contributed by atoms with Crippen molar-refractivity contribution < 1.29 is 0 Å². The molecule has 16 heavy (non-hydrogen) atoms. The van der Waals surface area contributed by atoms with Gasteiger partial charge in [0.1, 0.15) is 6.33 Å². The maximum absolute atomic E-state index is 11.6. The third-order valence-corrected chi connectivity index (χ3v) is 2.59. The van der Waals surface area contributed by atoms with E-state index in [-0.39, 0.29) is 5.69 Å². The molecule has 0 radical (unpaired) electrons. The molecule has 0 bridgehead atoms. The molecule has 2 rings (SSSR count). The van der Waals surface area contributed by atoms with E-state index in [0.717, 1.165) is 17.8 Å². The highest BCUT2D eigenvalue weighted by Gasteiger charge is 2.07. The highest BCUT2D eigenvalue weighted by atomic mass is 16.2. The van der Waals surface area contributed by atoms with Crippen LogP contribution in [0.15, 0.2) is 17.2 Å². The van der Waals surface area contributed by atoms with Gasteiger partial charge in [0.25, 0.3) is 0 Å². The summed E-state index contributed by atoms with van der Waals surface area (Å²) >= 11 is 0. The lowest BCUT2D eigenvalue weighted by Gasteiger charge is -1.99. The lowest BCUT2D eigenvalue weighted by atomic mass is 10.3. The van der Waals surface area contributed by atoms with Crippen LogP contribution < -0.4 is 5.69 Å². The predicted molar refractivity (Wildman–Crippen MR) is 59.2 cm³/mol. The summed E-state index contributed by atoms with van der Waals surface area (Å²) in [4.78, 5) is 11.6. The minimum Gasteiger partial charge on any atom is -0.285 e. The molecule has 0 aromatic carbocycles. The van der Waals surface area contributed by atoms with E-state index in [2.05, 4.69) is 17.1 Å². The third kappa shape index (κ3) is 1.78. The summed E-state index contributed by atoms with van der Waals surface area (Å²) in [6, 6.07) is 2.00. The number of aromatic nitrogens is 5. The molecule has 0 aliphatic carbocycles. The first-order chi connectivity index (χ1) is 7.61. The number of rotatable bonds is 3. The fourth-order valence-electron chi connectivity index (χ4n) is 1.57. The SMILES string of the molecule is CCc1cc(Cn2ncn(C)c2=O)n(C)n1. The van der Waals surface area contributed by atoms with Crippen LogP contribution in [0.1, 0.15) is 18.3 Å². The van der Waals surface area contributed by atoms with E-state index in [0.29, 0.717) is 6.54 Å². The van der Waals surface area contributed by atoms with Crippen LogP contribution in [0.25, 0.3) is 0 Å². The van der Waals surface area contributed by atoms with E-state index in [9.17, 15) is 4.79 Å². The van der Waals surface area contributed by atoms with Gasteiger partial charge in [0.2, 0.25) is 0 Å². The highest BCUT2D eigenvalue weighted by molar-refractivity contribution is 5.10. The number of hydrogen-bond acceptors (Lipinski definition) is 3. The zero-order chi connectivity index (χ0) is 11.7. The molecular formula is C10H15N5O. The minimum absolute atomic E-state index is 0.112. The first-order valence-electron chi connectivity index (χ1n) is 5.22. The molecule has 0 unspecified atom stereocenters. The molecule has 6 heteroatoms. The van der Waals surface area contributed by atoms with Gasteiger partial charge in [-0.2, -0.15) is 10.2 Å². The molecule has 0 aliphatic rings. The van der Waals surface area contributed by atoms with E-state index in [1.807, 2.05) is 13.1 Å². The Morgan fingerprint density at radius 2 is 2.12 bits per heavy atom. The number of aryl methyl sites for hydroxylation is 3. The average molecular weight is 221 g/mol. The van der Waals surface area contributed by atoms with Crippen LogP contribution >= 0.6 is 0 Å². The molecule has 0 atom stereocenters. The van der Waals surface area contributed by atoms with Crippen molar-refractivity contribution in [3.05, 3.63) is 34.3 Å². The van der Waals surface area contributed by atoms with E-state index >= 15 is 0 Å². The van der Waals surface area contributed by atoms with Crippen LogP contribution in [0.5, 0.6) is 0 Å². The first-order valence-corrected chi connectivity index (χ1v) is 5.22. The van der Waals surface area contributed by atoms with Crippen molar-refractivity contribution in [2.24, 2.45) is 14.1 Å². The zero-order valence-corrected chi connectivity index (χ0v) is 9.71. The molecule has 0 saturated heterocycles. The Balaban J connectivity index is 2.30. The van der Waals surface area contributed by atoms with Gasteiger partial charge in [0.05, 0.1) is 17.9 Å². The van der Waals surface area contributed by atoms with Crippen molar-refractivity contribution in [2.75, 3.05) is 0 Å². The van der Waals surface area contributed by atoms with Crippen molar-refractivity contribution in [3.8, 4) is 0 Å². The van der Waals surface area contributed by atoms with Crippen molar-refractivity contribution in [2.45, 2.75) is 19.9 Å². The second-order valence-electron chi connectivity index (χ2n) is 3.79. The van der Waals surface area contributed by atoms with Gasteiger partial charge in [-0.25, -0.2) is 9.48 Å². The third-order valence-electron chi connectivity index (χ3n) is 2.59. The Kier molecular flexibility index (Phi) is 2.64. The maximum atomic E-state index is 11.6. The van der Waals surface area contributed by atoms with Gasteiger partial charge >= 0.3 is 5.69 Å². The maximum Gasteiger partial charge on any atom is 0.345 e. The first kappa shape index (κ1) is 10.7. The minimum atomic E-state index is -0.112. The standard InChI is InChI=1S/C10H15N5O/c1-4-8-5-9(14(3)12-8)6-15-10(16)13(2)7-11-15/h5,7H,4,6H2,1-3H3. The largest absolute Gasteiger partial charge is 0.345 e. The summed E-state index contributed by atoms with van der Waals surface area (Å²) in [5.41, 5.74) is 1.90. The van der Waals surface area contributed by atoms with Crippen LogP contribution in [-0.2, 0) is 27.1 Å². The monoisotopic (exact) mass is 221 g/mol. The number of nitrogens with zero attached hydrogens (tertiary/aromatic N) is 5. The molecule has 0 saturated carbocycles. The van der Waals surface area contributed by atoms with Crippen LogP contribution in [0, 0.1) is 0 Å². The Bertz CT molecular complexity index is 548. The molecule has 0 fully saturated rings. The van der Waals surface area contributed by atoms with Gasteiger partial charge < -0.3 is 0 Å². The number of hydrogen-bond donors (Lipinski definition) is 0. The fraction of sp³-hybridized carbons (Fsp3) is 0.500. The van der Waals surface area contributed by atoms with Crippen molar-refractivity contribution in [1.82, 2.24) is 24.1 Å². The lowest BCUT2D eigenvalue weighted by molar-refractivity contribution is 0.595. The summed E-state index contributed by atoms with van der Waals surface area (Å²) in [5.74, 6) is 0. The molecular weight excluding hydrogens is 206 g/mol. The average Bonchev–Trinajstić information content (AvgIpc) is 2.77. The van der Waals surface area contributed by atoms with Crippen molar-refractivity contribution in [1.29, 1.82) is 0 Å². The van der Waals surface area contributed by atoms with Gasteiger partial charge in [-0.05, 0) is 12.5 Å². The predicted octanol–water partition coefficient (Wildman–Crippen LogP) is -0.0740. The summed E-state index contributed by atoms with van der Waals surface area (Å²) in [6.45, 7) is 2.52. The smallest absolute Gasteiger partial charge is 0.285 e. The zero-order valence-electron chi connectivity index (χ0n) is 9.71. The van der Waals surface area contributed by atoms with Crippen LogP contribution in [0.2, 0.25) is 0 Å². The summed E-state index contributed by atoms with van der Waals surface area (Å²) in [5, 5.41) is 8.34. The normalized spacial score (nSPS) is 10.9. The van der Waals surface area contributed by atoms with Gasteiger partial charge in [0, 0.05) is 14.1 Å². The quantitative estimate of drug-likeness (QED) is 0.728. The van der Waals surface area contributed by atoms with Crippen molar-refractivity contribution in [3.63, 3.8) is 0 Å². The van der Waals surface area contributed by atoms with Gasteiger partial charge in [-0.1, -0.05) is 6.92 Å². The highest BCUT2D eigenvalue weighted by Crippen LogP contribution is 2.04. The molecule has 0 spiro atoms. The van der Waals surface area contributed by atoms with E-state index in [4.69, 9.17) is 0 Å². The molecule has 6 nitrogen and oxygen atoms in total. The topological polar surface area (TPSA) is 57.6 Å². The molecule has 2 aromatic heterocycles. The molecule has 0 amide bonds. The molecule has 0 N–H and O–H groups in total. The van der Waals surface area contributed by atoms with Gasteiger partial charge in [-0.3, -0.25) is 9.25 Å². The van der Waals surface area contributed by atoms with Gasteiger partial charge in [0.15, 0.2) is 0 Å². The Morgan fingerprint density at radius 3 is 2.62 bits per heavy atom. The van der Waals surface area contributed by atoms with Gasteiger partial charge in [-0.15, -0.1) is 0 Å². The Morgan fingerprint density at radius 1 is 1.38 bits per heavy atom. The molecule has 86 valence electrons. The second kappa shape index (κ2) is 3.96. The Labute approximate surface area is 93.1 Å². The van der Waals surface area contributed by atoms with E-state index in [1.54, 1.807) is 11.7 Å². The van der Waals surface area contributed by atoms with Crippen LogP contribution in [0.3, 0.4) is 0 Å². The second-order valence-corrected chi connectivity index (χ2v) is 3.79.